The van der Waals surface area contributed by atoms with Gasteiger partial charge in [-0.2, -0.15) is 0 Å². The number of fused-ring (bicyclic) bond motifs is 1. The number of aryl methyl sites for hydroxylation is 1. The molecule has 0 aromatic heterocycles. The molecule has 0 radical (unpaired) electrons. The zero-order valence-electron chi connectivity index (χ0n) is 16.1. The number of nitro groups is 1. The van der Waals surface area contributed by atoms with Crippen LogP contribution >= 0.6 is 11.6 Å². The van der Waals surface area contributed by atoms with Gasteiger partial charge >= 0.3 is 5.69 Å². The van der Waals surface area contributed by atoms with E-state index < -0.39 is 4.92 Å². The fraction of sp³-hybridized carbons (Fsp3) is 0.130. The molecule has 1 N–H and O–H groups in total. The lowest BCUT2D eigenvalue weighted by Gasteiger charge is -2.21. The van der Waals surface area contributed by atoms with Crippen molar-refractivity contribution in [1.82, 2.24) is 0 Å². The van der Waals surface area contributed by atoms with Crippen molar-refractivity contribution in [2.75, 3.05) is 0 Å². The minimum atomic E-state index is -0.487. The predicted molar refractivity (Wildman–Crippen MR) is 114 cm³/mol. The van der Waals surface area contributed by atoms with Crippen LogP contribution in [-0.2, 0) is 13.0 Å². The molecular weight excluding hydrogens is 406 g/mol. The van der Waals surface area contributed by atoms with Crippen molar-refractivity contribution in [1.29, 1.82) is 0 Å². The smallest absolute Gasteiger partial charge is 0.312 e. The number of nitro benzene ring substituents is 1. The summed E-state index contributed by atoms with van der Waals surface area (Å²) in [7, 11) is 0. The molecule has 3 aromatic carbocycles. The summed E-state index contributed by atoms with van der Waals surface area (Å²) in [5.41, 5.74) is 2.67. The largest absolute Gasteiger partial charge is 0.508 e. The second-order valence-electron chi connectivity index (χ2n) is 7.00. The summed E-state index contributed by atoms with van der Waals surface area (Å²) < 4.78 is 11.6. The molecule has 1 aliphatic heterocycles. The molecular formula is C23H18ClNO5. The number of benzene rings is 3. The first-order valence-corrected chi connectivity index (χ1v) is 9.64. The molecule has 0 amide bonds. The highest BCUT2D eigenvalue weighted by Gasteiger charge is 2.29. The van der Waals surface area contributed by atoms with Gasteiger partial charge in [-0.15, -0.1) is 0 Å². The molecule has 0 fully saturated rings. The van der Waals surface area contributed by atoms with Crippen LogP contribution in [-0.4, -0.2) is 10.0 Å². The molecule has 3 aromatic rings. The van der Waals surface area contributed by atoms with Crippen molar-refractivity contribution in [2.24, 2.45) is 0 Å². The molecule has 7 heteroatoms. The lowest BCUT2D eigenvalue weighted by Crippen LogP contribution is -2.11. The summed E-state index contributed by atoms with van der Waals surface area (Å²) >= 11 is 6.37. The maximum atomic E-state index is 11.4. The van der Waals surface area contributed by atoms with Gasteiger partial charge in [-0.25, -0.2) is 0 Å². The summed E-state index contributed by atoms with van der Waals surface area (Å²) in [4.78, 5) is 11.0. The van der Waals surface area contributed by atoms with Gasteiger partial charge in [-0.05, 0) is 36.2 Å². The Labute approximate surface area is 178 Å². The summed E-state index contributed by atoms with van der Waals surface area (Å²) in [6.07, 6.45) is 0.136. The van der Waals surface area contributed by atoms with Crippen molar-refractivity contribution in [3.8, 4) is 11.5 Å². The molecule has 1 aliphatic rings. The van der Waals surface area contributed by atoms with Crippen LogP contribution in [0.2, 0.25) is 5.02 Å². The number of aliphatic hydroxyl groups is 1. The molecule has 0 atom stereocenters. The molecule has 6 nitrogen and oxygen atoms in total. The third kappa shape index (κ3) is 3.95. The highest BCUT2D eigenvalue weighted by atomic mass is 35.5. The monoisotopic (exact) mass is 423 g/mol. The Hall–Kier alpha value is -3.51. The van der Waals surface area contributed by atoms with Gasteiger partial charge in [0.2, 0.25) is 5.75 Å². The topological polar surface area (TPSA) is 81.8 Å². The van der Waals surface area contributed by atoms with Gasteiger partial charge in [-0.1, -0.05) is 48.0 Å². The van der Waals surface area contributed by atoms with Crippen molar-refractivity contribution < 1.29 is 19.5 Å². The number of rotatable bonds is 5. The predicted octanol–water partition coefficient (Wildman–Crippen LogP) is 6.00. The van der Waals surface area contributed by atoms with Crippen molar-refractivity contribution in [3.05, 3.63) is 104 Å². The Morgan fingerprint density at radius 3 is 2.63 bits per heavy atom. The van der Waals surface area contributed by atoms with Gasteiger partial charge in [0.25, 0.3) is 0 Å². The van der Waals surface area contributed by atoms with Gasteiger partial charge < -0.3 is 14.6 Å². The summed E-state index contributed by atoms with van der Waals surface area (Å²) in [6.45, 7) is 2.13. The number of hydrogen-bond donors (Lipinski definition) is 1. The maximum Gasteiger partial charge on any atom is 0.312 e. The molecule has 1 heterocycles. The van der Waals surface area contributed by atoms with Gasteiger partial charge in [0, 0.05) is 23.6 Å². The van der Waals surface area contributed by atoms with E-state index in [0.29, 0.717) is 28.5 Å². The molecule has 0 saturated heterocycles. The van der Waals surface area contributed by atoms with Crippen molar-refractivity contribution in [3.63, 3.8) is 0 Å². The second kappa shape index (κ2) is 8.08. The molecule has 0 aliphatic carbocycles. The van der Waals surface area contributed by atoms with E-state index in [0.717, 1.165) is 11.1 Å². The minimum absolute atomic E-state index is 0.0172. The van der Waals surface area contributed by atoms with Crippen LogP contribution in [0.5, 0.6) is 11.5 Å². The van der Waals surface area contributed by atoms with Gasteiger partial charge in [0.05, 0.1) is 9.95 Å². The zero-order valence-corrected chi connectivity index (χ0v) is 16.8. The lowest BCUT2D eigenvalue weighted by atomic mass is 10.0. The number of nitrogens with zero attached hydrogens (tertiary/aromatic N) is 1. The Kier molecular flexibility index (Phi) is 5.33. The van der Waals surface area contributed by atoms with Crippen LogP contribution < -0.4 is 9.47 Å². The average Bonchev–Trinajstić information content (AvgIpc) is 2.72. The maximum absolute atomic E-state index is 11.4. The van der Waals surface area contributed by atoms with E-state index in [1.165, 1.54) is 6.07 Å². The summed E-state index contributed by atoms with van der Waals surface area (Å²) in [5.74, 6) is 0.753. The number of halogens is 1. The zero-order chi connectivity index (χ0) is 21.3. The van der Waals surface area contributed by atoms with E-state index in [9.17, 15) is 15.2 Å². The number of allylic oxidation sites excluding steroid dienone is 1. The molecule has 0 spiro atoms. The fourth-order valence-electron chi connectivity index (χ4n) is 3.35. The van der Waals surface area contributed by atoms with E-state index in [-0.39, 0.29) is 29.4 Å². The first kappa shape index (κ1) is 19.8. The van der Waals surface area contributed by atoms with Gasteiger partial charge in [0.1, 0.15) is 18.1 Å². The van der Waals surface area contributed by atoms with Crippen LogP contribution in [0.1, 0.15) is 22.3 Å². The van der Waals surface area contributed by atoms with Crippen LogP contribution in [0.15, 0.2) is 66.4 Å². The quantitative estimate of drug-likeness (QED) is 0.402. The van der Waals surface area contributed by atoms with Crippen molar-refractivity contribution >= 4 is 23.0 Å². The van der Waals surface area contributed by atoms with Gasteiger partial charge in [0.15, 0.2) is 5.76 Å². The van der Waals surface area contributed by atoms with E-state index in [4.69, 9.17) is 21.1 Å². The van der Waals surface area contributed by atoms with E-state index >= 15 is 0 Å². The highest BCUT2D eigenvalue weighted by Crippen LogP contribution is 2.41. The van der Waals surface area contributed by atoms with Crippen molar-refractivity contribution in [2.45, 2.75) is 20.0 Å². The molecule has 0 saturated carbocycles. The van der Waals surface area contributed by atoms with Crippen LogP contribution in [0.4, 0.5) is 5.69 Å². The molecule has 0 bridgehead atoms. The Bertz CT molecular complexity index is 1160. The molecule has 152 valence electrons. The van der Waals surface area contributed by atoms with E-state index in [2.05, 4.69) is 0 Å². The van der Waals surface area contributed by atoms with E-state index in [1.54, 1.807) is 31.2 Å². The van der Waals surface area contributed by atoms with E-state index in [1.807, 2.05) is 30.3 Å². The third-order valence-electron chi connectivity index (χ3n) is 4.74. The summed E-state index contributed by atoms with van der Waals surface area (Å²) in [6, 6.07) is 17.9. The Morgan fingerprint density at radius 1 is 1.17 bits per heavy atom. The van der Waals surface area contributed by atoms with Crippen LogP contribution in [0.3, 0.4) is 0 Å². The Balaban J connectivity index is 1.60. The number of aliphatic hydroxyl groups excluding tert-OH is 1. The molecule has 0 unspecified atom stereocenters. The SMILES string of the molecule is Cc1cc2c(c([N+](=O)[O-])c1)OC(c1ccc(OCc3ccccc3)c(Cl)c1)=C(O)C2. The van der Waals surface area contributed by atoms with Gasteiger partial charge in [-0.3, -0.25) is 10.1 Å². The average molecular weight is 424 g/mol. The molecule has 30 heavy (non-hydrogen) atoms. The molecule has 4 rings (SSSR count). The third-order valence-corrected chi connectivity index (χ3v) is 5.04. The minimum Gasteiger partial charge on any atom is -0.508 e. The fourth-order valence-corrected chi connectivity index (χ4v) is 3.59. The number of hydrogen-bond acceptors (Lipinski definition) is 5. The second-order valence-corrected chi connectivity index (χ2v) is 7.41. The van der Waals surface area contributed by atoms with Crippen LogP contribution in [0.25, 0.3) is 5.76 Å². The standard InChI is InChI=1S/C23H18ClNO5/c1-14-9-17-12-20(26)23(30-22(17)19(10-14)25(27)28)16-7-8-21(18(24)11-16)29-13-15-5-3-2-4-6-15/h2-11,26H,12-13H2,1H3. The number of ether oxygens (including phenoxy) is 2. The van der Waals surface area contributed by atoms with Crippen LogP contribution in [0, 0.1) is 17.0 Å². The Morgan fingerprint density at radius 2 is 1.93 bits per heavy atom. The first-order valence-electron chi connectivity index (χ1n) is 9.27. The highest BCUT2D eigenvalue weighted by molar-refractivity contribution is 6.32. The lowest BCUT2D eigenvalue weighted by molar-refractivity contribution is -0.385. The summed E-state index contributed by atoms with van der Waals surface area (Å²) in [5, 5.41) is 22.3. The normalized spacial score (nSPS) is 12.9. The first-order chi connectivity index (χ1) is 14.4.